The van der Waals surface area contributed by atoms with Crippen LogP contribution >= 0.6 is 0 Å². The van der Waals surface area contributed by atoms with Crippen molar-refractivity contribution in [1.82, 2.24) is 0 Å². The maximum absolute atomic E-state index is 12.6. The summed E-state index contributed by atoms with van der Waals surface area (Å²) in [5.41, 5.74) is 0.993. The van der Waals surface area contributed by atoms with E-state index in [0.29, 0.717) is 13.2 Å². The van der Waals surface area contributed by atoms with Gasteiger partial charge in [0.25, 0.3) is 0 Å². The van der Waals surface area contributed by atoms with Crippen LogP contribution in [0.1, 0.15) is 18.4 Å². The highest BCUT2D eigenvalue weighted by Gasteiger charge is 2.46. The number of nitrogens with zero attached hydrogens (tertiary/aromatic N) is 1. The third-order valence-electron chi connectivity index (χ3n) is 3.35. The Morgan fingerprint density at radius 2 is 1.78 bits per heavy atom. The van der Waals surface area contributed by atoms with Crippen molar-refractivity contribution >= 4 is 9.84 Å². The van der Waals surface area contributed by atoms with E-state index >= 15 is 0 Å². The van der Waals surface area contributed by atoms with Gasteiger partial charge in [0.1, 0.15) is 0 Å². The molecular formula is C13H15NO3S. The molecule has 0 radical (unpaired) electrons. The van der Waals surface area contributed by atoms with E-state index in [9.17, 15) is 13.7 Å². The van der Waals surface area contributed by atoms with Gasteiger partial charge in [0.15, 0.2) is 14.6 Å². The van der Waals surface area contributed by atoms with Crippen molar-refractivity contribution in [1.29, 1.82) is 5.26 Å². The summed E-state index contributed by atoms with van der Waals surface area (Å²) in [7, 11) is -3.63. The minimum Gasteiger partial charge on any atom is -0.381 e. The topological polar surface area (TPSA) is 67.2 Å². The normalized spacial score (nSPS) is 19.1. The zero-order valence-corrected chi connectivity index (χ0v) is 11.0. The second-order valence-electron chi connectivity index (χ2n) is 4.53. The Kier molecular flexibility index (Phi) is 3.42. The average Bonchev–Trinajstić information content (AvgIpc) is 2.40. The number of ether oxygens (including phenoxy) is 1. The number of nitriles is 1. The first-order chi connectivity index (χ1) is 8.52. The molecule has 0 bridgehead atoms. The molecule has 0 amide bonds. The van der Waals surface area contributed by atoms with Crippen LogP contribution < -0.4 is 0 Å². The molecule has 1 aromatic rings. The van der Waals surface area contributed by atoms with Crippen molar-refractivity contribution in [3.63, 3.8) is 0 Å². The summed E-state index contributed by atoms with van der Waals surface area (Å²) in [6, 6.07) is 8.63. The van der Waals surface area contributed by atoms with Crippen molar-refractivity contribution < 1.29 is 13.2 Å². The highest BCUT2D eigenvalue weighted by molar-refractivity contribution is 7.93. The Morgan fingerprint density at radius 1 is 1.22 bits per heavy atom. The van der Waals surface area contributed by atoms with Gasteiger partial charge >= 0.3 is 0 Å². The highest BCUT2D eigenvalue weighted by atomic mass is 32.2. The molecule has 0 spiro atoms. The molecule has 96 valence electrons. The first-order valence-electron chi connectivity index (χ1n) is 5.82. The monoisotopic (exact) mass is 265 g/mol. The van der Waals surface area contributed by atoms with Crippen LogP contribution in [-0.2, 0) is 14.6 Å². The molecule has 1 fully saturated rings. The zero-order chi connectivity index (χ0) is 13.2. The third-order valence-corrected chi connectivity index (χ3v) is 5.77. The second-order valence-corrected chi connectivity index (χ2v) is 6.79. The van der Waals surface area contributed by atoms with E-state index in [4.69, 9.17) is 4.74 Å². The van der Waals surface area contributed by atoms with E-state index in [-0.39, 0.29) is 17.7 Å². The smallest absolute Gasteiger partial charge is 0.197 e. The predicted molar refractivity (Wildman–Crippen MR) is 66.8 cm³/mol. The summed E-state index contributed by atoms with van der Waals surface area (Å²) >= 11 is 0. The fraction of sp³-hybridized carbons (Fsp3) is 0.462. The molecule has 0 N–H and O–H groups in total. The van der Waals surface area contributed by atoms with Crippen molar-refractivity contribution in [2.24, 2.45) is 0 Å². The van der Waals surface area contributed by atoms with Crippen LogP contribution in [0, 0.1) is 18.3 Å². The van der Waals surface area contributed by atoms with Gasteiger partial charge in [-0.3, -0.25) is 0 Å². The first-order valence-corrected chi connectivity index (χ1v) is 7.30. The van der Waals surface area contributed by atoms with E-state index < -0.39 is 14.6 Å². The summed E-state index contributed by atoms with van der Waals surface area (Å²) in [5, 5.41) is 9.31. The minimum absolute atomic E-state index is 0.219. The molecule has 1 saturated heterocycles. The summed E-state index contributed by atoms with van der Waals surface area (Å²) in [4.78, 5) is 0.219. The van der Waals surface area contributed by atoms with Crippen LogP contribution in [-0.4, -0.2) is 26.4 Å². The first kappa shape index (κ1) is 13.1. The van der Waals surface area contributed by atoms with Crippen molar-refractivity contribution in [3.8, 4) is 6.07 Å². The van der Waals surface area contributed by atoms with Gasteiger partial charge in [-0.2, -0.15) is 5.26 Å². The maximum Gasteiger partial charge on any atom is 0.197 e. The summed E-state index contributed by atoms with van der Waals surface area (Å²) < 4.78 is 29.0. The van der Waals surface area contributed by atoms with Gasteiger partial charge in [0.05, 0.1) is 11.0 Å². The third kappa shape index (κ3) is 2.02. The van der Waals surface area contributed by atoms with Crippen molar-refractivity contribution in [2.75, 3.05) is 13.2 Å². The van der Waals surface area contributed by atoms with Gasteiger partial charge in [-0.25, -0.2) is 8.42 Å². The SMILES string of the molecule is Cc1ccc(S(=O)(=O)C2(C#N)CCOCC2)cc1. The molecule has 1 aromatic carbocycles. The lowest BCUT2D eigenvalue weighted by Gasteiger charge is -2.30. The van der Waals surface area contributed by atoms with Gasteiger partial charge in [-0.05, 0) is 19.1 Å². The van der Waals surface area contributed by atoms with E-state index in [2.05, 4.69) is 0 Å². The molecule has 0 unspecified atom stereocenters. The van der Waals surface area contributed by atoms with Crippen LogP contribution in [0.25, 0.3) is 0 Å². The Morgan fingerprint density at radius 3 is 2.28 bits per heavy atom. The average molecular weight is 265 g/mol. The standard InChI is InChI=1S/C13H15NO3S/c1-11-2-4-12(5-3-11)18(15,16)13(10-14)6-8-17-9-7-13/h2-5H,6-9H2,1H3. The Hall–Kier alpha value is -1.38. The molecule has 0 aromatic heterocycles. The van der Waals surface area contributed by atoms with E-state index in [1.165, 1.54) is 0 Å². The van der Waals surface area contributed by atoms with Crippen LogP contribution in [0.15, 0.2) is 29.2 Å². The van der Waals surface area contributed by atoms with Gasteiger partial charge in [-0.1, -0.05) is 17.7 Å². The minimum atomic E-state index is -3.63. The highest BCUT2D eigenvalue weighted by Crippen LogP contribution is 2.34. The number of aryl methyl sites for hydroxylation is 1. The van der Waals surface area contributed by atoms with E-state index in [1.807, 2.05) is 13.0 Å². The lowest BCUT2D eigenvalue weighted by molar-refractivity contribution is 0.0863. The lowest BCUT2D eigenvalue weighted by Crippen LogP contribution is -2.42. The van der Waals surface area contributed by atoms with Crippen LogP contribution in [0.5, 0.6) is 0 Å². The van der Waals surface area contributed by atoms with Crippen LogP contribution in [0.4, 0.5) is 0 Å². The summed E-state index contributed by atoms with van der Waals surface area (Å²) in [5.74, 6) is 0. The molecule has 1 heterocycles. The Bertz CT molecular complexity index is 563. The molecule has 0 saturated carbocycles. The Balaban J connectivity index is 2.47. The molecule has 1 aliphatic heterocycles. The van der Waals surface area contributed by atoms with Crippen molar-refractivity contribution in [3.05, 3.63) is 29.8 Å². The fourth-order valence-electron chi connectivity index (χ4n) is 2.08. The van der Waals surface area contributed by atoms with E-state index in [0.717, 1.165) is 5.56 Å². The zero-order valence-electron chi connectivity index (χ0n) is 10.2. The molecule has 4 nitrogen and oxygen atoms in total. The largest absolute Gasteiger partial charge is 0.381 e. The molecule has 18 heavy (non-hydrogen) atoms. The molecular weight excluding hydrogens is 250 g/mol. The maximum atomic E-state index is 12.6. The summed E-state index contributed by atoms with van der Waals surface area (Å²) in [6.07, 6.45) is 0.472. The molecule has 1 aliphatic rings. The number of rotatable bonds is 2. The second kappa shape index (κ2) is 4.71. The van der Waals surface area contributed by atoms with Gasteiger partial charge < -0.3 is 4.74 Å². The van der Waals surface area contributed by atoms with Gasteiger partial charge in [0.2, 0.25) is 0 Å². The molecule has 5 heteroatoms. The number of hydrogen-bond donors (Lipinski definition) is 0. The van der Waals surface area contributed by atoms with Crippen LogP contribution in [0.3, 0.4) is 0 Å². The Labute approximate surface area is 107 Å². The van der Waals surface area contributed by atoms with Crippen molar-refractivity contribution in [2.45, 2.75) is 29.4 Å². The lowest BCUT2D eigenvalue weighted by atomic mass is 10.0. The van der Waals surface area contributed by atoms with Gasteiger partial charge in [-0.15, -0.1) is 0 Å². The van der Waals surface area contributed by atoms with Gasteiger partial charge in [0, 0.05) is 26.1 Å². The fourth-order valence-corrected chi connectivity index (χ4v) is 3.85. The number of sulfone groups is 1. The molecule has 0 aliphatic carbocycles. The summed E-state index contributed by atoms with van der Waals surface area (Å²) in [6.45, 7) is 2.53. The number of benzene rings is 1. The molecule has 2 rings (SSSR count). The van der Waals surface area contributed by atoms with E-state index in [1.54, 1.807) is 24.3 Å². The predicted octanol–water partition coefficient (Wildman–Crippen LogP) is 1.84. The molecule has 0 atom stereocenters. The quantitative estimate of drug-likeness (QED) is 0.818. The van der Waals surface area contributed by atoms with Crippen LogP contribution in [0.2, 0.25) is 0 Å². The number of hydrogen-bond acceptors (Lipinski definition) is 4.